The second kappa shape index (κ2) is 8.99. The minimum atomic E-state index is -4.44. The maximum absolute atomic E-state index is 13.4. The minimum Gasteiger partial charge on any atom is -0.334 e. The van der Waals surface area contributed by atoms with Crippen LogP contribution in [0.4, 0.5) is 33.7 Å². The number of aryl methyl sites for hydroxylation is 1. The number of carbonyl (C=O) groups excluding carboxylic acids is 1. The molecule has 2 aromatic heterocycles. The van der Waals surface area contributed by atoms with Crippen molar-refractivity contribution in [2.45, 2.75) is 19.6 Å². The van der Waals surface area contributed by atoms with Crippen LogP contribution in [0.5, 0.6) is 0 Å². The van der Waals surface area contributed by atoms with Gasteiger partial charge in [0.2, 0.25) is 0 Å². The van der Waals surface area contributed by atoms with E-state index in [-0.39, 0.29) is 11.5 Å². The number of fused-ring (bicyclic) bond motifs is 3. The van der Waals surface area contributed by atoms with Gasteiger partial charge in [0.25, 0.3) is 0 Å². The fourth-order valence-corrected chi connectivity index (χ4v) is 4.27. The molecule has 0 unspecified atom stereocenters. The first-order chi connectivity index (χ1) is 17.2. The molecule has 0 radical (unpaired) electrons. The van der Waals surface area contributed by atoms with Gasteiger partial charge in [0.15, 0.2) is 0 Å². The lowest BCUT2D eigenvalue weighted by Crippen LogP contribution is -2.19. The second-order valence-corrected chi connectivity index (χ2v) is 8.39. The van der Waals surface area contributed by atoms with E-state index >= 15 is 0 Å². The van der Waals surface area contributed by atoms with Gasteiger partial charge in [-0.25, -0.2) is 9.18 Å². The smallest absolute Gasteiger partial charge is 0.334 e. The second-order valence-electron chi connectivity index (χ2n) is 8.39. The molecule has 0 bridgehead atoms. The van der Waals surface area contributed by atoms with Crippen molar-refractivity contribution in [3.05, 3.63) is 102 Å². The largest absolute Gasteiger partial charge is 0.416 e. The number of hydrogen-bond acceptors (Lipinski definition) is 2. The zero-order valence-corrected chi connectivity index (χ0v) is 19.0. The van der Waals surface area contributed by atoms with Crippen LogP contribution in [-0.4, -0.2) is 15.6 Å². The number of urea groups is 1. The molecule has 2 amide bonds. The van der Waals surface area contributed by atoms with E-state index in [0.717, 1.165) is 45.2 Å². The predicted molar refractivity (Wildman–Crippen MR) is 132 cm³/mol. The van der Waals surface area contributed by atoms with E-state index in [2.05, 4.69) is 20.2 Å². The molecule has 182 valence electrons. The van der Waals surface area contributed by atoms with Gasteiger partial charge in [-0.2, -0.15) is 13.2 Å². The number of nitrogens with zero attached hydrogens (tertiary/aromatic N) is 2. The highest BCUT2D eigenvalue weighted by Crippen LogP contribution is 2.33. The number of nitrogens with one attached hydrogen (secondary N) is 2. The summed E-state index contributed by atoms with van der Waals surface area (Å²) in [6.07, 6.45) is -2.73. The Morgan fingerprint density at radius 3 is 2.25 bits per heavy atom. The van der Waals surface area contributed by atoms with Crippen LogP contribution < -0.4 is 10.6 Å². The fourth-order valence-electron chi connectivity index (χ4n) is 4.27. The molecule has 0 saturated carbocycles. The maximum atomic E-state index is 13.4. The predicted octanol–water partition coefficient (Wildman–Crippen LogP) is 7.35. The first-order valence-corrected chi connectivity index (χ1v) is 11.1. The molecule has 0 aliphatic heterocycles. The van der Waals surface area contributed by atoms with Gasteiger partial charge in [-0.05, 0) is 73.2 Å². The quantitative estimate of drug-likeness (QED) is 0.258. The first-order valence-electron chi connectivity index (χ1n) is 11.1. The van der Waals surface area contributed by atoms with Gasteiger partial charge in [-0.1, -0.05) is 12.1 Å². The lowest BCUT2D eigenvalue weighted by atomic mass is 10.1. The van der Waals surface area contributed by atoms with E-state index in [1.807, 2.05) is 25.1 Å². The van der Waals surface area contributed by atoms with E-state index in [1.54, 1.807) is 24.4 Å². The fraction of sp³-hybridized carbons (Fsp3) is 0.111. The van der Waals surface area contributed by atoms with Crippen LogP contribution in [0.25, 0.3) is 21.8 Å². The van der Waals surface area contributed by atoms with Gasteiger partial charge >= 0.3 is 12.2 Å². The van der Waals surface area contributed by atoms with Crippen LogP contribution in [0.1, 0.15) is 16.8 Å². The summed E-state index contributed by atoms with van der Waals surface area (Å²) in [7, 11) is 0. The molecule has 5 rings (SSSR count). The molecule has 0 atom stereocenters. The van der Waals surface area contributed by atoms with Crippen LogP contribution in [0.15, 0.2) is 79.0 Å². The topological polar surface area (TPSA) is 59.0 Å². The van der Waals surface area contributed by atoms with Crippen LogP contribution in [-0.2, 0) is 12.7 Å². The molecule has 5 aromatic rings. The molecule has 0 spiro atoms. The number of alkyl halides is 3. The number of rotatable bonds is 4. The van der Waals surface area contributed by atoms with E-state index in [9.17, 15) is 22.4 Å². The Morgan fingerprint density at radius 1 is 0.889 bits per heavy atom. The summed E-state index contributed by atoms with van der Waals surface area (Å²) < 4.78 is 53.7. The number of pyridine rings is 1. The molecule has 2 N–H and O–H groups in total. The van der Waals surface area contributed by atoms with Gasteiger partial charge < -0.3 is 15.2 Å². The Balaban J connectivity index is 1.44. The number of amides is 2. The first kappa shape index (κ1) is 23.3. The van der Waals surface area contributed by atoms with Crippen LogP contribution in [0.2, 0.25) is 0 Å². The number of hydrogen-bond donors (Lipinski definition) is 2. The minimum absolute atomic E-state index is 0.235. The SMILES string of the molecule is Cc1nccc2c3cc(NC(=O)Nc4ccc(C(F)(F)F)cc4)ccc3n(Cc3ccc(F)cc3)c12. The van der Waals surface area contributed by atoms with Crippen molar-refractivity contribution in [3.63, 3.8) is 0 Å². The van der Waals surface area contributed by atoms with Crippen molar-refractivity contribution in [1.82, 2.24) is 9.55 Å². The standard InChI is InChI=1S/C27H20F4N4O/c1-16-25-22(12-13-32-16)23-14-21(10-11-24(23)35(25)15-17-2-6-19(28)7-3-17)34-26(36)33-20-8-4-18(5-9-20)27(29,30)31/h2-14H,15H2,1H3,(H2,33,34,36). The normalized spacial score (nSPS) is 11.7. The molecule has 0 saturated heterocycles. The highest BCUT2D eigenvalue weighted by molar-refractivity contribution is 6.11. The summed E-state index contributed by atoms with van der Waals surface area (Å²) >= 11 is 0. The van der Waals surface area contributed by atoms with E-state index in [0.29, 0.717) is 12.2 Å². The highest BCUT2D eigenvalue weighted by Gasteiger charge is 2.30. The summed E-state index contributed by atoms with van der Waals surface area (Å²) in [6.45, 7) is 2.42. The molecule has 5 nitrogen and oxygen atoms in total. The van der Waals surface area contributed by atoms with Crippen LogP contribution in [0, 0.1) is 12.7 Å². The van der Waals surface area contributed by atoms with Crippen molar-refractivity contribution in [2.75, 3.05) is 10.6 Å². The zero-order valence-electron chi connectivity index (χ0n) is 19.0. The van der Waals surface area contributed by atoms with Crippen LogP contribution in [0.3, 0.4) is 0 Å². The van der Waals surface area contributed by atoms with Crippen molar-refractivity contribution < 1.29 is 22.4 Å². The van der Waals surface area contributed by atoms with Gasteiger partial charge in [0.1, 0.15) is 5.82 Å². The van der Waals surface area contributed by atoms with Crippen molar-refractivity contribution in [2.24, 2.45) is 0 Å². The number of aromatic nitrogens is 2. The zero-order chi connectivity index (χ0) is 25.4. The number of anilines is 2. The average molecular weight is 492 g/mol. The van der Waals surface area contributed by atoms with E-state index < -0.39 is 17.8 Å². The van der Waals surface area contributed by atoms with Crippen LogP contribution >= 0.6 is 0 Å². The summed E-state index contributed by atoms with van der Waals surface area (Å²) in [6, 6.07) is 17.3. The monoisotopic (exact) mass is 492 g/mol. The van der Waals surface area contributed by atoms with Gasteiger partial charge in [-0.15, -0.1) is 0 Å². The Labute approximate surface area is 203 Å². The van der Waals surface area contributed by atoms with Gasteiger partial charge in [0.05, 0.1) is 16.8 Å². The Kier molecular flexibility index (Phi) is 5.83. The van der Waals surface area contributed by atoms with Crippen molar-refractivity contribution >= 4 is 39.2 Å². The molecule has 36 heavy (non-hydrogen) atoms. The Bertz CT molecular complexity index is 1570. The van der Waals surface area contributed by atoms with Gasteiger partial charge in [0, 0.05) is 40.4 Å². The van der Waals surface area contributed by atoms with Crippen molar-refractivity contribution in [1.29, 1.82) is 0 Å². The molecule has 9 heteroatoms. The molecular weight excluding hydrogens is 472 g/mol. The summed E-state index contributed by atoms with van der Waals surface area (Å²) in [5, 5.41) is 7.12. The molecular formula is C27H20F4N4O. The maximum Gasteiger partial charge on any atom is 0.416 e. The van der Waals surface area contributed by atoms with Crippen molar-refractivity contribution in [3.8, 4) is 0 Å². The molecule has 3 aromatic carbocycles. The number of benzene rings is 3. The van der Waals surface area contributed by atoms with E-state index in [4.69, 9.17) is 0 Å². The third-order valence-electron chi connectivity index (χ3n) is 5.94. The lowest BCUT2D eigenvalue weighted by molar-refractivity contribution is -0.137. The molecule has 0 aliphatic rings. The Morgan fingerprint density at radius 2 is 1.56 bits per heavy atom. The third-order valence-corrected chi connectivity index (χ3v) is 5.94. The summed E-state index contributed by atoms with van der Waals surface area (Å²) in [5.74, 6) is -0.302. The molecule has 0 fully saturated rings. The average Bonchev–Trinajstić information content (AvgIpc) is 3.14. The highest BCUT2D eigenvalue weighted by atomic mass is 19.4. The summed E-state index contributed by atoms with van der Waals surface area (Å²) in [5.41, 5.74) is 3.57. The molecule has 0 aliphatic carbocycles. The summed E-state index contributed by atoms with van der Waals surface area (Å²) in [4.78, 5) is 16.9. The van der Waals surface area contributed by atoms with Gasteiger partial charge in [-0.3, -0.25) is 4.98 Å². The lowest BCUT2D eigenvalue weighted by Gasteiger charge is -2.11. The number of halogens is 4. The molecule has 2 heterocycles. The van der Waals surface area contributed by atoms with E-state index in [1.165, 1.54) is 24.3 Å². The number of carbonyl (C=O) groups is 1. The third kappa shape index (κ3) is 4.59. The Hall–Kier alpha value is -4.40.